The number of halogens is 3. The summed E-state index contributed by atoms with van der Waals surface area (Å²) in [6.07, 6.45) is -1.65. The smallest absolute Gasteiger partial charge is 0.410 e. The second kappa shape index (κ2) is 7.86. The van der Waals surface area contributed by atoms with E-state index in [0.29, 0.717) is 13.1 Å². The third-order valence-electron chi connectivity index (χ3n) is 6.38. The summed E-state index contributed by atoms with van der Waals surface area (Å²) in [5.74, 6) is 0.352. The van der Waals surface area contributed by atoms with E-state index in [-0.39, 0.29) is 22.8 Å². The summed E-state index contributed by atoms with van der Waals surface area (Å²) in [4.78, 5) is 24.1. The van der Waals surface area contributed by atoms with E-state index in [9.17, 15) is 28.1 Å². The molecule has 4 rings (SSSR count). The first-order valence-electron chi connectivity index (χ1n) is 10.0. The topological polar surface area (TPSA) is 72.7 Å². The van der Waals surface area contributed by atoms with Crippen LogP contribution in [-0.2, 0) is 6.18 Å². The van der Waals surface area contributed by atoms with Crippen molar-refractivity contribution in [2.45, 2.75) is 37.8 Å². The Kier molecular flexibility index (Phi) is 5.36. The van der Waals surface area contributed by atoms with E-state index in [1.54, 1.807) is 11.0 Å². The average Bonchev–Trinajstić information content (AvgIpc) is 2.72. The molecule has 0 bridgehead atoms. The van der Waals surface area contributed by atoms with Crippen LogP contribution in [-0.4, -0.2) is 29.0 Å². The van der Waals surface area contributed by atoms with E-state index in [2.05, 4.69) is 0 Å². The van der Waals surface area contributed by atoms with Gasteiger partial charge in [0.05, 0.1) is 10.5 Å². The van der Waals surface area contributed by atoms with Gasteiger partial charge in [0.15, 0.2) is 0 Å². The Morgan fingerprint density at radius 2 is 1.74 bits per heavy atom. The molecule has 2 aliphatic rings. The van der Waals surface area contributed by atoms with E-state index < -0.39 is 22.8 Å². The van der Waals surface area contributed by atoms with Gasteiger partial charge in [0.25, 0.3) is 5.69 Å². The number of carbonyl (C=O) groups excluding carboxylic acids is 1. The summed E-state index contributed by atoms with van der Waals surface area (Å²) in [7, 11) is 0. The Labute approximate surface area is 176 Å². The molecule has 1 spiro atoms. The van der Waals surface area contributed by atoms with E-state index in [1.807, 2.05) is 0 Å². The Morgan fingerprint density at radius 3 is 2.32 bits per heavy atom. The van der Waals surface area contributed by atoms with Crippen molar-refractivity contribution in [1.82, 2.24) is 4.90 Å². The standard InChI is InChI=1S/C22H21F3N2O4/c23-22(24,25)17-3-1-2-15(12-17)16-13-21(14-16)8-10-26(11-9-21)20(28)31-19-6-4-18(5-7-19)27(29)30/h1-7,12,16H,8-11,13-14H2. The van der Waals surface area contributed by atoms with Crippen LogP contribution in [0.15, 0.2) is 48.5 Å². The molecule has 1 saturated carbocycles. The molecule has 2 aromatic carbocycles. The Hall–Kier alpha value is -3.10. The predicted octanol–water partition coefficient (Wildman–Crippen LogP) is 5.77. The molecule has 31 heavy (non-hydrogen) atoms. The number of nitro benzene ring substituents is 1. The van der Waals surface area contributed by atoms with Gasteiger partial charge in [-0.3, -0.25) is 10.1 Å². The van der Waals surface area contributed by atoms with E-state index in [0.717, 1.165) is 37.3 Å². The third kappa shape index (κ3) is 4.50. The minimum atomic E-state index is -4.34. The van der Waals surface area contributed by atoms with Crippen LogP contribution in [0.25, 0.3) is 0 Å². The average molecular weight is 434 g/mol. The molecule has 0 N–H and O–H groups in total. The number of likely N-dealkylation sites (tertiary alicyclic amines) is 1. The number of rotatable bonds is 3. The molecular formula is C22H21F3N2O4. The lowest BCUT2D eigenvalue weighted by Crippen LogP contribution is -2.48. The van der Waals surface area contributed by atoms with Gasteiger partial charge in [-0.25, -0.2) is 4.79 Å². The Morgan fingerprint density at radius 1 is 1.10 bits per heavy atom. The monoisotopic (exact) mass is 434 g/mol. The summed E-state index contributed by atoms with van der Waals surface area (Å²) in [5.41, 5.74) is 0.0819. The van der Waals surface area contributed by atoms with Gasteiger partial charge in [-0.2, -0.15) is 13.2 Å². The summed E-state index contributed by atoms with van der Waals surface area (Å²) in [5, 5.41) is 10.7. The molecular weight excluding hydrogens is 413 g/mol. The van der Waals surface area contributed by atoms with Crippen LogP contribution in [0.1, 0.15) is 42.7 Å². The fourth-order valence-electron chi connectivity index (χ4n) is 4.56. The highest BCUT2D eigenvalue weighted by molar-refractivity contribution is 5.71. The number of non-ortho nitro benzene ring substituents is 1. The maximum absolute atomic E-state index is 13.0. The number of carbonyl (C=O) groups is 1. The SMILES string of the molecule is O=C(Oc1ccc([N+](=O)[O-])cc1)N1CCC2(CC1)CC(c1cccc(C(F)(F)F)c1)C2. The van der Waals surface area contributed by atoms with Crippen molar-refractivity contribution in [3.05, 3.63) is 69.8 Å². The van der Waals surface area contributed by atoms with Crippen LogP contribution in [0.3, 0.4) is 0 Å². The second-order valence-corrected chi connectivity index (χ2v) is 8.33. The van der Waals surface area contributed by atoms with Crippen LogP contribution in [0, 0.1) is 15.5 Å². The molecule has 1 amide bonds. The number of hydrogen-bond donors (Lipinski definition) is 0. The fraction of sp³-hybridized carbons (Fsp3) is 0.409. The molecule has 0 radical (unpaired) electrons. The van der Waals surface area contributed by atoms with Gasteiger partial charge in [0.1, 0.15) is 5.75 Å². The van der Waals surface area contributed by atoms with Crippen LogP contribution in [0.5, 0.6) is 5.75 Å². The van der Waals surface area contributed by atoms with Gasteiger partial charge in [-0.1, -0.05) is 18.2 Å². The predicted molar refractivity (Wildman–Crippen MR) is 106 cm³/mol. The zero-order valence-electron chi connectivity index (χ0n) is 16.6. The first-order chi connectivity index (χ1) is 14.7. The number of ether oxygens (including phenoxy) is 1. The number of hydrogen-bond acceptors (Lipinski definition) is 4. The van der Waals surface area contributed by atoms with Crippen molar-refractivity contribution in [3.63, 3.8) is 0 Å². The van der Waals surface area contributed by atoms with E-state index in [1.165, 1.54) is 36.4 Å². The molecule has 0 atom stereocenters. The van der Waals surface area contributed by atoms with Crippen LogP contribution in [0.2, 0.25) is 0 Å². The molecule has 1 saturated heterocycles. The summed E-state index contributed by atoms with van der Waals surface area (Å²) in [6.45, 7) is 1.03. The first kappa shape index (κ1) is 21.1. The van der Waals surface area contributed by atoms with E-state index >= 15 is 0 Å². The summed E-state index contributed by atoms with van der Waals surface area (Å²) < 4.78 is 44.2. The third-order valence-corrected chi connectivity index (χ3v) is 6.38. The molecule has 1 aliphatic heterocycles. The fourth-order valence-corrected chi connectivity index (χ4v) is 4.56. The largest absolute Gasteiger partial charge is 0.416 e. The lowest BCUT2D eigenvalue weighted by atomic mass is 9.56. The highest BCUT2D eigenvalue weighted by Gasteiger charge is 2.47. The Balaban J connectivity index is 1.29. The normalized spacial score (nSPS) is 18.5. The zero-order chi connectivity index (χ0) is 22.2. The molecule has 9 heteroatoms. The molecule has 2 aromatic rings. The maximum Gasteiger partial charge on any atom is 0.416 e. The molecule has 1 heterocycles. The number of benzene rings is 2. The Bertz CT molecular complexity index is 975. The number of alkyl halides is 3. The highest BCUT2D eigenvalue weighted by atomic mass is 19.4. The van der Waals surface area contributed by atoms with Crippen LogP contribution >= 0.6 is 0 Å². The van der Waals surface area contributed by atoms with Crippen molar-refractivity contribution in [2.24, 2.45) is 5.41 Å². The van der Waals surface area contributed by atoms with Gasteiger partial charge in [-0.15, -0.1) is 0 Å². The van der Waals surface area contributed by atoms with Crippen molar-refractivity contribution >= 4 is 11.8 Å². The quantitative estimate of drug-likeness (QED) is 0.454. The highest BCUT2D eigenvalue weighted by Crippen LogP contribution is 2.56. The maximum atomic E-state index is 13.0. The van der Waals surface area contributed by atoms with Gasteiger partial charge in [-0.05, 0) is 60.8 Å². The molecule has 0 aromatic heterocycles. The lowest BCUT2D eigenvalue weighted by Gasteiger charge is -2.52. The summed E-state index contributed by atoms with van der Waals surface area (Å²) >= 11 is 0. The molecule has 6 nitrogen and oxygen atoms in total. The number of piperidine rings is 1. The minimum Gasteiger partial charge on any atom is -0.410 e. The molecule has 0 unspecified atom stereocenters. The van der Waals surface area contributed by atoms with Crippen molar-refractivity contribution in [2.75, 3.05) is 13.1 Å². The number of amides is 1. The van der Waals surface area contributed by atoms with Gasteiger partial charge in [0, 0.05) is 25.2 Å². The minimum absolute atomic E-state index is 0.0586. The number of nitrogens with zero attached hydrogens (tertiary/aromatic N) is 2. The number of nitro groups is 1. The van der Waals surface area contributed by atoms with E-state index in [4.69, 9.17) is 4.74 Å². The van der Waals surface area contributed by atoms with Crippen molar-refractivity contribution in [1.29, 1.82) is 0 Å². The molecule has 2 fully saturated rings. The van der Waals surface area contributed by atoms with Crippen LogP contribution in [0.4, 0.5) is 23.7 Å². The zero-order valence-corrected chi connectivity index (χ0v) is 16.6. The summed E-state index contributed by atoms with van der Waals surface area (Å²) in [6, 6.07) is 10.9. The van der Waals surface area contributed by atoms with Crippen molar-refractivity contribution in [3.8, 4) is 5.75 Å². The van der Waals surface area contributed by atoms with Crippen molar-refractivity contribution < 1.29 is 27.6 Å². The van der Waals surface area contributed by atoms with Gasteiger partial charge in [0.2, 0.25) is 0 Å². The first-order valence-corrected chi connectivity index (χ1v) is 10.0. The molecule has 1 aliphatic carbocycles. The molecule has 164 valence electrons. The van der Waals surface area contributed by atoms with Gasteiger partial charge >= 0.3 is 12.3 Å². The lowest BCUT2D eigenvalue weighted by molar-refractivity contribution is -0.384. The second-order valence-electron chi connectivity index (χ2n) is 8.33. The van der Waals surface area contributed by atoms with Crippen LogP contribution < -0.4 is 4.74 Å². The van der Waals surface area contributed by atoms with Gasteiger partial charge < -0.3 is 9.64 Å².